The van der Waals surface area contributed by atoms with Gasteiger partial charge in [-0.05, 0) is 11.8 Å². The highest BCUT2D eigenvalue weighted by Gasteiger charge is 2.09. The number of aliphatic hydroxyl groups is 1. The highest BCUT2D eigenvalue weighted by atomic mass is 16.5. The largest absolute Gasteiger partial charge is 0.389 e. The zero-order valence-corrected chi connectivity index (χ0v) is 8.34. The molecule has 3 nitrogen and oxygen atoms in total. The number of rotatable bonds is 5. The fourth-order valence-corrected chi connectivity index (χ4v) is 0.666. The SMILES string of the molecule is CC(C)(C)CCOCC(O)CN. The van der Waals surface area contributed by atoms with Crippen molar-refractivity contribution in [3.05, 3.63) is 0 Å². The summed E-state index contributed by atoms with van der Waals surface area (Å²) in [7, 11) is 0. The van der Waals surface area contributed by atoms with Crippen molar-refractivity contribution in [2.45, 2.75) is 33.3 Å². The molecule has 3 N–H and O–H groups in total. The van der Waals surface area contributed by atoms with Gasteiger partial charge in [0.05, 0.1) is 12.7 Å². The van der Waals surface area contributed by atoms with E-state index in [2.05, 4.69) is 20.8 Å². The fraction of sp³-hybridized carbons (Fsp3) is 1.00. The summed E-state index contributed by atoms with van der Waals surface area (Å²) in [6.45, 7) is 7.81. The van der Waals surface area contributed by atoms with E-state index >= 15 is 0 Å². The summed E-state index contributed by atoms with van der Waals surface area (Å²) < 4.78 is 5.23. The highest BCUT2D eigenvalue weighted by molar-refractivity contribution is 4.60. The van der Waals surface area contributed by atoms with Crippen LogP contribution in [0.4, 0.5) is 0 Å². The summed E-state index contributed by atoms with van der Waals surface area (Å²) in [5, 5.41) is 9.04. The van der Waals surface area contributed by atoms with Crippen LogP contribution < -0.4 is 5.73 Å². The standard InChI is InChI=1S/C9H21NO2/c1-9(2,3)4-5-12-7-8(11)6-10/h8,11H,4-7,10H2,1-3H3. The average molecular weight is 175 g/mol. The molecule has 12 heavy (non-hydrogen) atoms. The first-order valence-electron chi connectivity index (χ1n) is 4.41. The molecule has 0 rings (SSSR count). The molecule has 1 unspecified atom stereocenters. The van der Waals surface area contributed by atoms with Crippen molar-refractivity contribution in [1.29, 1.82) is 0 Å². The molecular formula is C9H21NO2. The Morgan fingerprint density at radius 3 is 2.42 bits per heavy atom. The molecule has 0 bridgehead atoms. The second kappa shape index (κ2) is 5.51. The zero-order chi connectivity index (χ0) is 9.61. The van der Waals surface area contributed by atoms with Crippen molar-refractivity contribution >= 4 is 0 Å². The van der Waals surface area contributed by atoms with Crippen LogP contribution in [-0.4, -0.2) is 31.0 Å². The van der Waals surface area contributed by atoms with Crippen molar-refractivity contribution in [3.8, 4) is 0 Å². The summed E-state index contributed by atoms with van der Waals surface area (Å²) in [4.78, 5) is 0. The van der Waals surface area contributed by atoms with Crippen LogP contribution in [0.25, 0.3) is 0 Å². The Labute approximate surface area is 74.9 Å². The molecule has 0 aromatic heterocycles. The van der Waals surface area contributed by atoms with Crippen LogP contribution >= 0.6 is 0 Å². The predicted octanol–water partition coefficient (Wildman–Crippen LogP) is 0.759. The van der Waals surface area contributed by atoms with E-state index in [1.807, 2.05) is 0 Å². The van der Waals surface area contributed by atoms with E-state index in [1.54, 1.807) is 0 Å². The van der Waals surface area contributed by atoms with Gasteiger partial charge in [0, 0.05) is 13.2 Å². The van der Waals surface area contributed by atoms with Gasteiger partial charge in [-0.1, -0.05) is 20.8 Å². The van der Waals surface area contributed by atoms with Crippen molar-refractivity contribution < 1.29 is 9.84 Å². The van der Waals surface area contributed by atoms with Gasteiger partial charge < -0.3 is 15.6 Å². The van der Waals surface area contributed by atoms with Crippen LogP contribution in [0.2, 0.25) is 0 Å². The molecule has 0 aliphatic rings. The Morgan fingerprint density at radius 1 is 1.42 bits per heavy atom. The maximum atomic E-state index is 9.04. The molecule has 1 atom stereocenters. The van der Waals surface area contributed by atoms with Crippen molar-refractivity contribution in [3.63, 3.8) is 0 Å². The van der Waals surface area contributed by atoms with Crippen LogP contribution in [0.3, 0.4) is 0 Å². The monoisotopic (exact) mass is 175 g/mol. The molecule has 0 radical (unpaired) electrons. The highest BCUT2D eigenvalue weighted by Crippen LogP contribution is 2.17. The fourth-order valence-electron chi connectivity index (χ4n) is 0.666. The Morgan fingerprint density at radius 2 is 2.00 bits per heavy atom. The molecular weight excluding hydrogens is 154 g/mol. The first-order chi connectivity index (χ1) is 5.45. The molecule has 3 heteroatoms. The lowest BCUT2D eigenvalue weighted by molar-refractivity contribution is 0.0312. The van der Waals surface area contributed by atoms with Gasteiger partial charge in [-0.2, -0.15) is 0 Å². The second-order valence-electron chi connectivity index (χ2n) is 4.28. The zero-order valence-electron chi connectivity index (χ0n) is 8.34. The van der Waals surface area contributed by atoms with Gasteiger partial charge >= 0.3 is 0 Å². The van der Waals surface area contributed by atoms with Gasteiger partial charge in [0.25, 0.3) is 0 Å². The molecule has 0 saturated carbocycles. The number of aliphatic hydroxyl groups excluding tert-OH is 1. The summed E-state index contributed by atoms with van der Waals surface area (Å²) in [6.07, 6.45) is 0.495. The van der Waals surface area contributed by atoms with Crippen LogP contribution in [0.5, 0.6) is 0 Å². The maximum Gasteiger partial charge on any atom is 0.0895 e. The number of ether oxygens (including phenoxy) is 1. The van der Waals surface area contributed by atoms with E-state index in [4.69, 9.17) is 15.6 Å². The lowest BCUT2D eigenvalue weighted by atomic mass is 9.93. The number of hydrogen-bond donors (Lipinski definition) is 2. The summed E-state index contributed by atoms with van der Waals surface area (Å²) in [5.41, 5.74) is 5.51. The van der Waals surface area contributed by atoms with Gasteiger partial charge in [-0.3, -0.25) is 0 Å². The van der Waals surface area contributed by atoms with E-state index in [9.17, 15) is 0 Å². The minimum absolute atomic E-state index is 0.273. The third-order valence-electron chi connectivity index (χ3n) is 1.58. The number of hydrogen-bond acceptors (Lipinski definition) is 3. The Hall–Kier alpha value is -0.120. The molecule has 0 aliphatic heterocycles. The van der Waals surface area contributed by atoms with Crippen LogP contribution in [-0.2, 0) is 4.74 Å². The number of nitrogens with two attached hydrogens (primary N) is 1. The molecule has 0 amide bonds. The van der Waals surface area contributed by atoms with Gasteiger partial charge in [-0.25, -0.2) is 0 Å². The summed E-state index contributed by atoms with van der Waals surface area (Å²) in [5.74, 6) is 0. The van der Waals surface area contributed by atoms with Crippen molar-refractivity contribution in [2.75, 3.05) is 19.8 Å². The summed E-state index contributed by atoms with van der Waals surface area (Å²) >= 11 is 0. The molecule has 0 heterocycles. The van der Waals surface area contributed by atoms with Gasteiger partial charge in [0.1, 0.15) is 0 Å². The van der Waals surface area contributed by atoms with Crippen molar-refractivity contribution in [1.82, 2.24) is 0 Å². The summed E-state index contributed by atoms with van der Waals surface area (Å²) in [6, 6.07) is 0. The third kappa shape index (κ3) is 7.98. The molecule has 0 spiro atoms. The molecule has 0 saturated heterocycles. The van der Waals surface area contributed by atoms with E-state index in [1.165, 1.54) is 0 Å². The normalized spacial score (nSPS) is 14.8. The quantitative estimate of drug-likeness (QED) is 0.606. The third-order valence-corrected chi connectivity index (χ3v) is 1.58. The van der Waals surface area contributed by atoms with E-state index in [0.717, 1.165) is 6.42 Å². The van der Waals surface area contributed by atoms with Gasteiger partial charge in [-0.15, -0.1) is 0 Å². The average Bonchev–Trinajstić information content (AvgIpc) is 1.96. The van der Waals surface area contributed by atoms with Crippen LogP contribution in [0, 0.1) is 5.41 Å². The lowest BCUT2D eigenvalue weighted by Gasteiger charge is -2.18. The molecule has 0 aromatic rings. The first-order valence-corrected chi connectivity index (χ1v) is 4.41. The smallest absolute Gasteiger partial charge is 0.0895 e. The Balaban J connectivity index is 3.22. The van der Waals surface area contributed by atoms with Crippen molar-refractivity contribution in [2.24, 2.45) is 11.1 Å². The first kappa shape index (κ1) is 11.9. The second-order valence-corrected chi connectivity index (χ2v) is 4.28. The minimum Gasteiger partial charge on any atom is -0.389 e. The molecule has 0 aliphatic carbocycles. The molecule has 74 valence electrons. The van der Waals surface area contributed by atoms with E-state index in [-0.39, 0.29) is 6.54 Å². The van der Waals surface area contributed by atoms with E-state index in [0.29, 0.717) is 18.6 Å². The topological polar surface area (TPSA) is 55.5 Å². The van der Waals surface area contributed by atoms with Crippen LogP contribution in [0.15, 0.2) is 0 Å². The minimum atomic E-state index is -0.509. The Kier molecular flexibility index (Phi) is 5.46. The van der Waals surface area contributed by atoms with Gasteiger partial charge in [0.2, 0.25) is 0 Å². The van der Waals surface area contributed by atoms with E-state index < -0.39 is 6.10 Å². The lowest BCUT2D eigenvalue weighted by Crippen LogP contribution is -2.25. The van der Waals surface area contributed by atoms with Crippen LogP contribution in [0.1, 0.15) is 27.2 Å². The molecule has 0 fully saturated rings. The molecule has 0 aromatic carbocycles. The van der Waals surface area contributed by atoms with Gasteiger partial charge in [0.15, 0.2) is 0 Å². The maximum absolute atomic E-state index is 9.04. The predicted molar refractivity (Wildman–Crippen MR) is 50.0 cm³/mol. The Bertz CT molecular complexity index is 110.